The monoisotopic (exact) mass is 277 g/mol. The van der Waals surface area contributed by atoms with Gasteiger partial charge in [-0.3, -0.25) is 4.90 Å². The zero-order chi connectivity index (χ0) is 14.7. The van der Waals surface area contributed by atoms with E-state index in [1.54, 1.807) is 0 Å². The van der Waals surface area contributed by atoms with Gasteiger partial charge in [-0.1, -0.05) is 13.8 Å². The highest BCUT2D eigenvalue weighted by atomic mass is 15.3. The van der Waals surface area contributed by atoms with Crippen LogP contribution in [0.1, 0.15) is 32.2 Å². The van der Waals surface area contributed by atoms with Gasteiger partial charge in [0, 0.05) is 44.7 Å². The second kappa shape index (κ2) is 6.39. The van der Waals surface area contributed by atoms with Crippen molar-refractivity contribution in [2.24, 2.45) is 0 Å². The second-order valence-corrected chi connectivity index (χ2v) is 5.46. The average molecular weight is 277 g/mol. The quantitative estimate of drug-likeness (QED) is 0.911. The number of nitrogens with one attached hydrogen (secondary N) is 1. The number of aromatic nitrogens is 2. The van der Waals surface area contributed by atoms with Gasteiger partial charge in [0.25, 0.3) is 0 Å². The van der Waals surface area contributed by atoms with Crippen molar-refractivity contribution < 1.29 is 0 Å². The number of nitrogens with zero attached hydrogens (tertiary/aromatic N) is 4. The molecular formula is C15H27N5. The van der Waals surface area contributed by atoms with E-state index in [1.807, 2.05) is 7.05 Å². The molecule has 1 N–H and O–H groups in total. The molecule has 1 aliphatic heterocycles. The number of rotatable bonds is 4. The molecular weight excluding hydrogens is 250 g/mol. The number of piperazine rings is 1. The Morgan fingerprint density at radius 2 is 2.00 bits per heavy atom. The van der Waals surface area contributed by atoms with Crippen molar-refractivity contribution in [3.63, 3.8) is 0 Å². The van der Waals surface area contributed by atoms with E-state index in [9.17, 15) is 0 Å². The summed E-state index contributed by atoms with van der Waals surface area (Å²) in [4.78, 5) is 14.3. The summed E-state index contributed by atoms with van der Waals surface area (Å²) in [6, 6.07) is 0.575. The van der Waals surface area contributed by atoms with E-state index in [0.29, 0.717) is 6.04 Å². The number of anilines is 2. The Labute approximate surface area is 122 Å². The molecule has 0 bridgehead atoms. The van der Waals surface area contributed by atoms with Crippen molar-refractivity contribution in [1.29, 1.82) is 0 Å². The van der Waals surface area contributed by atoms with E-state index in [4.69, 9.17) is 4.98 Å². The molecule has 1 aliphatic rings. The summed E-state index contributed by atoms with van der Waals surface area (Å²) in [5, 5.41) is 3.19. The van der Waals surface area contributed by atoms with Gasteiger partial charge in [0.2, 0.25) is 0 Å². The first-order chi connectivity index (χ1) is 9.60. The van der Waals surface area contributed by atoms with Gasteiger partial charge in [-0.25, -0.2) is 9.97 Å². The van der Waals surface area contributed by atoms with Crippen molar-refractivity contribution in [3.05, 3.63) is 11.4 Å². The molecule has 1 unspecified atom stereocenters. The number of aryl methyl sites for hydroxylation is 1. The molecule has 0 saturated carbocycles. The van der Waals surface area contributed by atoms with Crippen LogP contribution in [-0.4, -0.2) is 54.1 Å². The van der Waals surface area contributed by atoms with Crippen LogP contribution in [0.2, 0.25) is 0 Å². The molecule has 1 atom stereocenters. The predicted octanol–water partition coefficient (Wildman–Crippen LogP) is 1.92. The van der Waals surface area contributed by atoms with Gasteiger partial charge in [-0.15, -0.1) is 0 Å². The summed E-state index contributed by atoms with van der Waals surface area (Å²) in [6.07, 6.45) is 0.867. The molecule has 0 aliphatic carbocycles. The van der Waals surface area contributed by atoms with Gasteiger partial charge in [0.05, 0.1) is 0 Å². The molecule has 1 aromatic heterocycles. The first-order valence-corrected chi connectivity index (χ1v) is 7.64. The molecule has 0 aromatic carbocycles. The van der Waals surface area contributed by atoms with Gasteiger partial charge in [0.15, 0.2) is 0 Å². The van der Waals surface area contributed by atoms with E-state index in [-0.39, 0.29) is 0 Å². The molecule has 0 spiro atoms. The first-order valence-electron chi connectivity index (χ1n) is 7.64. The lowest BCUT2D eigenvalue weighted by atomic mass is 10.1. The Balaban J connectivity index is 2.28. The Bertz CT molecular complexity index is 460. The Hall–Kier alpha value is -1.36. The summed E-state index contributed by atoms with van der Waals surface area (Å²) in [6.45, 7) is 13.1. The van der Waals surface area contributed by atoms with Crippen LogP contribution < -0.4 is 10.2 Å². The highest BCUT2D eigenvalue weighted by Gasteiger charge is 2.25. The second-order valence-electron chi connectivity index (χ2n) is 5.46. The van der Waals surface area contributed by atoms with Crippen LogP contribution in [0, 0.1) is 6.92 Å². The van der Waals surface area contributed by atoms with Crippen LogP contribution in [0.4, 0.5) is 11.6 Å². The van der Waals surface area contributed by atoms with Crippen molar-refractivity contribution >= 4 is 11.6 Å². The van der Waals surface area contributed by atoms with Crippen LogP contribution in [0.3, 0.4) is 0 Å². The maximum absolute atomic E-state index is 4.76. The van der Waals surface area contributed by atoms with Crippen LogP contribution in [0.25, 0.3) is 0 Å². The minimum Gasteiger partial charge on any atom is -0.373 e. The third kappa shape index (κ3) is 2.87. The van der Waals surface area contributed by atoms with Gasteiger partial charge in [0.1, 0.15) is 17.5 Å². The topological polar surface area (TPSA) is 44.3 Å². The van der Waals surface area contributed by atoms with Gasteiger partial charge in [-0.2, -0.15) is 0 Å². The summed E-state index contributed by atoms with van der Waals surface area (Å²) >= 11 is 0. The first kappa shape index (κ1) is 15.0. The molecule has 20 heavy (non-hydrogen) atoms. The van der Waals surface area contributed by atoms with E-state index in [2.05, 4.69) is 47.8 Å². The molecule has 2 rings (SSSR count). The lowest BCUT2D eigenvalue weighted by Gasteiger charge is -2.40. The molecule has 1 saturated heterocycles. The zero-order valence-electron chi connectivity index (χ0n) is 13.4. The average Bonchev–Trinajstić information content (AvgIpc) is 2.47. The van der Waals surface area contributed by atoms with Gasteiger partial charge >= 0.3 is 0 Å². The third-order valence-corrected chi connectivity index (χ3v) is 4.19. The number of hydrogen-bond acceptors (Lipinski definition) is 5. The standard InChI is InChI=1S/C15H27N5/c1-6-13-17-14(16-5)12(4)15(18-13)20-9-8-19(7-2)11(3)10-20/h11H,6-10H2,1-5H3,(H,16,17,18). The highest BCUT2D eigenvalue weighted by molar-refractivity contribution is 5.58. The maximum atomic E-state index is 4.76. The van der Waals surface area contributed by atoms with Crippen LogP contribution in [0.15, 0.2) is 0 Å². The Morgan fingerprint density at radius 1 is 1.25 bits per heavy atom. The van der Waals surface area contributed by atoms with Crippen LogP contribution >= 0.6 is 0 Å². The molecule has 112 valence electrons. The van der Waals surface area contributed by atoms with E-state index in [1.165, 1.54) is 0 Å². The number of hydrogen-bond donors (Lipinski definition) is 1. The van der Waals surface area contributed by atoms with Crippen molar-refractivity contribution in [3.8, 4) is 0 Å². The van der Waals surface area contributed by atoms with Gasteiger partial charge in [-0.05, 0) is 20.4 Å². The van der Waals surface area contributed by atoms with E-state index in [0.717, 1.165) is 55.6 Å². The Morgan fingerprint density at radius 3 is 2.55 bits per heavy atom. The zero-order valence-corrected chi connectivity index (χ0v) is 13.4. The fourth-order valence-corrected chi connectivity index (χ4v) is 2.92. The molecule has 5 heteroatoms. The maximum Gasteiger partial charge on any atom is 0.137 e. The lowest BCUT2D eigenvalue weighted by Crippen LogP contribution is -2.52. The van der Waals surface area contributed by atoms with Crippen molar-refractivity contribution in [2.45, 2.75) is 40.2 Å². The smallest absolute Gasteiger partial charge is 0.137 e. The Kier molecular flexibility index (Phi) is 4.81. The third-order valence-electron chi connectivity index (χ3n) is 4.19. The summed E-state index contributed by atoms with van der Waals surface area (Å²) in [5.41, 5.74) is 1.15. The normalized spacial score (nSPS) is 20.2. The van der Waals surface area contributed by atoms with Crippen molar-refractivity contribution in [1.82, 2.24) is 14.9 Å². The minimum absolute atomic E-state index is 0.575. The molecule has 0 amide bonds. The fraction of sp³-hybridized carbons (Fsp3) is 0.733. The largest absolute Gasteiger partial charge is 0.373 e. The fourth-order valence-electron chi connectivity index (χ4n) is 2.92. The minimum atomic E-state index is 0.575. The number of likely N-dealkylation sites (N-methyl/N-ethyl adjacent to an activating group) is 1. The molecule has 1 fully saturated rings. The highest BCUT2D eigenvalue weighted by Crippen LogP contribution is 2.25. The van der Waals surface area contributed by atoms with Crippen LogP contribution in [-0.2, 0) is 6.42 Å². The summed E-state index contributed by atoms with van der Waals surface area (Å²) in [7, 11) is 1.93. The molecule has 5 nitrogen and oxygen atoms in total. The summed E-state index contributed by atoms with van der Waals surface area (Å²) < 4.78 is 0. The SMILES string of the molecule is CCc1nc(NC)c(C)c(N2CCN(CC)C(C)C2)n1. The molecule has 0 radical (unpaired) electrons. The van der Waals surface area contributed by atoms with Crippen LogP contribution in [0.5, 0.6) is 0 Å². The lowest BCUT2D eigenvalue weighted by molar-refractivity contribution is 0.199. The molecule has 2 heterocycles. The van der Waals surface area contributed by atoms with Gasteiger partial charge < -0.3 is 10.2 Å². The predicted molar refractivity (Wildman–Crippen MR) is 84.6 cm³/mol. The van der Waals surface area contributed by atoms with E-state index < -0.39 is 0 Å². The molecule has 1 aromatic rings. The van der Waals surface area contributed by atoms with Crippen molar-refractivity contribution in [2.75, 3.05) is 43.4 Å². The summed E-state index contributed by atoms with van der Waals surface area (Å²) in [5.74, 6) is 2.97. The van der Waals surface area contributed by atoms with E-state index >= 15 is 0 Å².